The number of carbonyl (C=O) groups is 1. The van der Waals surface area contributed by atoms with Gasteiger partial charge in [-0.1, -0.05) is 0 Å². The molecule has 2 saturated heterocycles. The molecule has 1 N–H and O–H groups in total. The van der Waals surface area contributed by atoms with Crippen LogP contribution in [0.1, 0.15) is 13.3 Å². The van der Waals surface area contributed by atoms with Crippen LogP contribution in [0.5, 0.6) is 0 Å². The molecule has 2 heterocycles. The highest BCUT2D eigenvalue weighted by molar-refractivity contribution is 5.79. The summed E-state index contributed by atoms with van der Waals surface area (Å²) in [6.45, 7) is 5.45. The first-order valence-corrected chi connectivity index (χ1v) is 6.37. The SMILES string of the molecule is CNCC1CN(C(=O)C2COC(C)C2)CCO1. The van der Waals surface area contributed by atoms with E-state index in [1.165, 1.54) is 0 Å². The first-order valence-electron chi connectivity index (χ1n) is 6.37. The van der Waals surface area contributed by atoms with Gasteiger partial charge in [-0.2, -0.15) is 0 Å². The number of carbonyl (C=O) groups excluding carboxylic acids is 1. The molecule has 3 atom stereocenters. The molecule has 2 aliphatic heterocycles. The normalized spacial score (nSPS) is 34.0. The zero-order valence-corrected chi connectivity index (χ0v) is 10.6. The molecule has 0 aromatic heterocycles. The van der Waals surface area contributed by atoms with E-state index >= 15 is 0 Å². The van der Waals surface area contributed by atoms with Gasteiger partial charge in [0.1, 0.15) is 0 Å². The molecular weight excluding hydrogens is 220 g/mol. The lowest BCUT2D eigenvalue weighted by atomic mass is 10.0. The Morgan fingerprint density at radius 3 is 2.94 bits per heavy atom. The van der Waals surface area contributed by atoms with Gasteiger partial charge in [0.25, 0.3) is 0 Å². The molecule has 1 amide bonds. The van der Waals surface area contributed by atoms with E-state index < -0.39 is 0 Å². The zero-order valence-electron chi connectivity index (χ0n) is 10.6. The summed E-state index contributed by atoms with van der Waals surface area (Å²) in [7, 11) is 1.90. The molecule has 5 nitrogen and oxygen atoms in total. The first-order chi connectivity index (χ1) is 8.20. The van der Waals surface area contributed by atoms with Crippen molar-refractivity contribution in [2.75, 3.05) is 39.9 Å². The highest BCUT2D eigenvalue weighted by atomic mass is 16.5. The third-order valence-electron chi connectivity index (χ3n) is 3.43. The number of nitrogens with one attached hydrogen (secondary N) is 1. The third-order valence-corrected chi connectivity index (χ3v) is 3.43. The van der Waals surface area contributed by atoms with Gasteiger partial charge in [-0.15, -0.1) is 0 Å². The Morgan fingerprint density at radius 1 is 1.47 bits per heavy atom. The lowest BCUT2D eigenvalue weighted by Crippen LogP contribution is -2.50. The second-order valence-corrected chi connectivity index (χ2v) is 4.91. The summed E-state index contributed by atoms with van der Waals surface area (Å²) in [4.78, 5) is 14.2. The van der Waals surface area contributed by atoms with Crippen LogP contribution in [-0.4, -0.2) is 62.9 Å². The van der Waals surface area contributed by atoms with E-state index in [0.717, 1.165) is 13.0 Å². The predicted octanol–water partition coefficient (Wildman–Crippen LogP) is -0.142. The summed E-state index contributed by atoms with van der Waals surface area (Å²) in [5.74, 6) is 0.289. The summed E-state index contributed by atoms with van der Waals surface area (Å²) in [5, 5.41) is 3.09. The molecule has 3 unspecified atom stereocenters. The van der Waals surface area contributed by atoms with Gasteiger partial charge in [0.15, 0.2) is 0 Å². The summed E-state index contributed by atoms with van der Waals surface area (Å²) < 4.78 is 11.1. The van der Waals surface area contributed by atoms with Crippen LogP contribution >= 0.6 is 0 Å². The van der Waals surface area contributed by atoms with E-state index in [0.29, 0.717) is 26.3 Å². The molecule has 0 radical (unpaired) electrons. The fourth-order valence-corrected chi connectivity index (χ4v) is 2.52. The minimum atomic E-state index is 0.0540. The number of hydrogen-bond donors (Lipinski definition) is 1. The largest absolute Gasteiger partial charge is 0.378 e. The number of nitrogens with zero attached hydrogens (tertiary/aromatic N) is 1. The van der Waals surface area contributed by atoms with Gasteiger partial charge in [0, 0.05) is 19.6 Å². The number of ether oxygens (including phenoxy) is 2. The molecule has 2 fully saturated rings. The predicted molar refractivity (Wildman–Crippen MR) is 63.8 cm³/mol. The summed E-state index contributed by atoms with van der Waals surface area (Å²) in [6.07, 6.45) is 1.20. The van der Waals surface area contributed by atoms with E-state index in [4.69, 9.17) is 9.47 Å². The number of likely N-dealkylation sites (N-methyl/N-ethyl adjacent to an activating group) is 1. The Hall–Kier alpha value is -0.650. The molecule has 0 aromatic carbocycles. The van der Waals surface area contributed by atoms with E-state index in [9.17, 15) is 4.79 Å². The van der Waals surface area contributed by atoms with Crippen LogP contribution in [0.25, 0.3) is 0 Å². The molecule has 0 aromatic rings. The smallest absolute Gasteiger partial charge is 0.228 e. The van der Waals surface area contributed by atoms with Crippen molar-refractivity contribution < 1.29 is 14.3 Å². The molecule has 2 aliphatic rings. The van der Waals surface area contributed by atoms with Crippen molar-refractivity contribution in [3.05, 3.63) is 0 Å². The Labute approximate surface area is 102 Å². The molecule has 0 saturated carbocycles. The van der Waals surface area contributed by atoms with Crippen molar-refractivity contribution in [3.8, 4) is 0 Å². The molecule has 0 spiro atoms. The van der Waals surface area contributed by atoms with Crippen LogP contribution in [0, 0.1) is 5.92 Å². The maximum absolute atomic E-state index is 12.3. The molecule has 0 aliphatic carbocycles. The summed E-state index contributed by atoms with van der Waals surface area (Å²) in [6, 6.07) is 0. The van der Waals surface area contributed by atoms with Crippen LogP contribution in [0.2, 0.25) is 0 Å². The van der Waals surface area contributed by atoms with Gasteiger partial charge in [-0.25, -0.2) is 0 Å². The molecule has 17 heavy (non-hydrogen) atoms. The molecule has 2 rings (SSSR count). The van der Waals surface area contributed by atoms with E-state index in [-0.39, 0.29) is 24.0 Å². The van der Waals surface area contributed by atoms with Crippen LogP contribution < -0.4 is 5.32 Å². The van der Waals surface area contributed by atoms with E-state index in [1.807, 2.05) is 18.9 Å². The Kier molecular flexibility index (Phi) is 4.36. The number of amides is 1. The Balaban J connectivity index is 1.86. The van der Waals surface area contributed by atoms with Crippen LogP contribution in [-0.2, 0) is 14.3 Å². The highest BCUT2D eigenvalue weighted by Crippen LogP contribution is 2.22. The fourth-order valence-electron chi connectivity index (χ4n) is 2.52. The average Bonchev–Trinajstić information content (AvgIpc) is 2.76. The highest BCUT2D eigenvalue weighted by Gasteiger charge is 2.33. The van der Waals surface area contributed by atoms with Crippen molar-refractivity contribution in [2.24, 2.45) is 5.92 Å². The standard InChI is InChI=1S/C12H22N2O3/c1-9-5-10(8-17-9)12(15)14-3-4-16-11(7-14)6-13-2/h9-11,13H,3-8H2,1-2H3. The van der Waals surface area contributed by atoms with Crippen LogP contribution in [0.15, 0.2) is 0 Å². The molecule has 5 heteroatoms. The van der Waals surface area contributed by atoms with E-state index in [1.54, 1.807) is 0 Å². The molecular formula is C12H22N2O3. The lowest BCUT2D eigenvalue weighted by Gasteiger charge is -2.34. The van der Waals surface area contributed by atoms with Crippen molar-refractivity contribution in [3.63, 3.8) is 0 Å². The zero-order chi connectivity index (χ0) is 12.3. The van der Waals surface area contributed by atoms with Crippen molar-refractivity contribution >= 4 is 5.91 Å². The second kappa shape index (κ2) is 5.80. The Morgan fingerprint density at radius 2 is 2.29 bits per heavy atom. The minimum Gasteiger partial charge on any atom is -0.378 e. The van der Waals surface area contributed by atoms with Gasteiger partial charge >= 0.3 is 0 Å². The number of morpholine rings is 1. The van der Waals surface area contributed by atoms with Gasteiger partial charge in [0.05, 0.1) is 31.3 Å². The first kappa shape index (κ1) is 12.8. The maximum atomic E-state index is 12.3. The average molecular weight is 242 g/mol. The maximum Gasteiger partial charge on any atom is 0.228 e. The Bertz CT molecular complexity index is 270. The minimum absolute atomic E-state index is 0.0540. The summed E-state index contributed by atoms with van der Waals surface area (Å²) in [5.41, 5.74) is 0. The lowest BCUT2D eigenvalue weighted by molar-refractivity contribution is -0.142. The molecule has 98 valence electrons. The topological polar surface area (TPSA) is 50.8 Å². The van der Waals surface area contributed by atoms with Gasteiger partial charge in [-0.05, 0) is 20.4 Å². The van der Waals surface area contributed by atoms with Crippen molar-refractivity contribution in [1.29, 1.82) is 0 Å². The van der Waals surface area contributed by atoms with Gasteiger partial charge in [-0.3, -0.25) is 4.79 Å². The number of rotatable bonds is 3. The van der Waals surface area contributed by atoms with Crippen LogP contribution in [0.3, 0.4) is 0 Å². The quantitative estimate of drug-likeness (QED) is 0.748. The molecule has 0 bridgehead atoms. The number of hydrogen-bond acceptors (Lipinski definition) is 4. The van der Waals surface area contributed by atoms with Crippen molar-refractivity contribution in [2.45, 2.75) is 25.6 Å². The van der Waals surface area contributed by atoms with E-state index in [2.05, 4.69) is 5.32 Å². The fraction of sp³-hybridized carbons (Fsp3) is 0.917. The third kappa shape index (κ3) is 3.18. The van der Waals surface area contributed by atoms with Crippen LogP contribution in [0.4, 0.5) is 0 Å². The van der Waals surface area contributed by atoms with Gasteiger partial charge in [0.2, 0.25) is 5.91 Å². The monoisotopic (exact) mass is 242 g/mol. The second-order valence-electron chi connectivity index (χ2n) is 4.91. The van der Waals surface area contributed by atoms with Gasteiger partial charge < -0.3 is 19.7 Å². The summed E-state index contributed by atoms with van der Waals surface area (Å²) >= 11 is 0. The van der Waals surface area contributed by atoms with Crippen molar-refractivity contribution in [1.82, 2.24) is 10.2 Å².